The summed E-state index contributed by atoms with van der Waals surface area (Å²) in [6.07, 6.45) is 1.68. The van der Waals surface area contributed by atoms with E-state index in [0.717, 1.165) is 30.4 Å². The van der Waals surface area contributed by atoms with Crippen LogP contribution in [0.25, 0.3) is 0 Å². The lowest BCUT2D eigenvalue weighted by Gasteiger charge is -2.20. The van der Waals surface area contributed by atoms with Crippen molar-refractivity contribution in [2.75, 3.05) is 4.90 Å². The van der Waals surface area contributed by atoms with Crippen LogP contribution in [0.15, 0.2) is 41.3 Å². The Bertz CT molecular complexity index is 1130. The van der Waals surface area contributed by atoms with Crippen molar-refractivity contribution in [2.45, 2.75) is 4.90 Å². The first-order valence-electron chi connectivity index (χ1n) is 7.08. The van der Waals surface area contributed by atoms with Gasteiger partial charge < -0.3 is 15.4 Å². The van der Waals surface area contributed by atoms with Gasteiger partial charge in [0.15, 0.2) is 0 Å². The molecule has 3 rings (SSSR count). The van der Waals surface area contributed by atoms with Crippen LogP contribution in [0, 0.1) is 0 Å². The fourth-order valence-electron chi connectivity index (χ4n) is 2.55. The molecule has 1 aromatic carbocycles. The zero-order valence-corrected chi connectivity index (χ0v) is 13.9. The standard InChI is InChI=1S/C15H10N2O9S/c18-10-4-5-11(19)16(10)13-7(2-1-3-9(13)27(24,25)26)14(21)8-6-12(20)17(23)15(8)22/h1-6,20,22-23H,(H,24,25,26). The Labute approximate surface area is 150 Å². The van der Waals surface area contributed by atoms with Crippen LogP contribution in [-0.2, 0) is 19.7 Å². The van der Waals surface area contributed by atoms with Crippen molar-refractivity contribution in [2.24, 2.45) is 0 Å². The minimum atomic E-state index is -4.96. The van der Waals surface area contributed by atoms with Gasteiger partial charge in [-0.05, 0) is 12.1 Å². The Kier molecular flexibility index (Phi) is 4.01. The zero-order chi connectivity index (χ0) is 20.1. The molecule has 2 aromatic rings. The van der Waals surface area contributed by atoms with E-state index in [-0.39, 0.29) is 4.73 Å². The van der Waals surface area contributed by atoms with E-state index in [9.17, 15) is 42.8 Å². The highest BCUT2D eigenvalue weighted by Gasteiger charge is 2.35. The van der Waals surface area contributed by atoms with Gasteiger partial charge >= 0.3 is 0 Å². The van der Waals surface area contributed by atoms with Crippen molar-refractivity contribution < 1.29 is 42.8 Å². The molecule has 1 aromatic heterocycles. The number of carbonyl (C=O) groups excluding carboxylic acids is 3. The maximum Gasteiger partial charge on any atom is 0.296 e. The van der Waals surface area contributed by atoms with Crippen LogP contribution in [-0.4, -0.2) is 50.7 Å². The van der Waals surface area contributed by atoms with Gasteiger partial charge in [0.2, 0.25) is 17.5 Å². The fourth-order valence-corrected chi connectivity index (χ4v) is 3.25. The predicted molar refractivity (Wildman–Crippen MR) is 86.3 cm³/mol. The summed E-state index contributed by atoms with van der Waals surface area (Å²) in [5.74, 6) is -5.01. The van der Waals surface area contributed by atoms with Gasteiger partial charge in [-0.1, -0.05) is 6.07 Å². The largest absolute Gasteiger partial charge is 0.492 e. The molecule has 0 atom stereocenters. The van der Waals surface area contributed by atoms with Crippen LogP contribution in [0.4, 0.5) is 5.69 Å². The van der Waals surface area contributed by atoms with Gasteiger partial charge in [-0.15, -0.1) is 4.73 Å². The second-order valence-electron chi connectivity index (χ2n) is 5.35. The number of aromatic nitrogens is 1. The van der Waals surface area contributed by atoms with Gasteiger partial charge in [-0.2, -0.15) is 8.42 Å². The number of nitrogens with zero attached hydrogens (tertiary/aromatic N) is 2. The van der Waals surface area contributed by atoms with Gasteiger partial charge in [0.1, 0.15) is 4.90 Å². The number of carbonyl (C=O) groups is 3. The maximum absolute atomic E-state index is 12.8. The zero-order valence-electron chi connectivity index (χ0n) is 13.1. The molecule has 2 heterocycles. The number of ketones is 1. The maximum atomic E-state index is 12.8. The molecule has 140 valence electrons. The van der Waals surface area contributed by atoms with Crippen molar-refractivity contribution in [1.82, 2.24) is 4.73 Å². The quantitative estimate of drug-likeness (QED) is 0.241. The number of imide groups is 1. The second-order valence-corrected chi connectivity index (χ2v) is 6.74. The lowest BCUT2D eigenvalue weighted by atomic mass is 10.0. The molecule has 4 N–H and O–H groups in total. The third kappa shape index (κ3) is 2.82. The molecule has 11 nitrogen and oxygen atoms in total. The highest BCUT2D eigenvalue weighted by atomic mass is 32.2. The lowest BCUT2D eigenvalue weighted by molar-refractivity contribution is -0.120. The number of hydrogen-bond donors (Lipinski definition) is 4. The first kappa shape index (κ1) is 18.2. The molecule has 27 heavy (non-hydrogen) atoms. The first-order valence-corrected chi connectivity index (χ1v) is 8.52. The molecule has 1 aliphatic rings. The van der Waals surface area contributed by atoms with E-state index in [0.29, 0.717) is 11.0 Å². The summed E-state index contributed by atoms with van der Waals surface area (Å²) in [6, 6.07) is 3.66. The Morgan fingerprint density at radius 2 is 1.59 bits per heavy atom. The van der Waals surface area contributed by atoms with Gasteiger partial charge in [-0.3, -0.25) is 18.9 Å². The third-order valence-electron chi connectivity index (χ3n) is 3.73. The van der Waals surface area contributed by atoms with E-state index in [4.69, 9.17) is 0 Å². The smallest absolute Gasteiger partial charge is 0.296 e. The normalized spacial score (nSPS) is 14.2. The number of rotatable bonds is 4. The average molecular weight is 394 g/mol. The van der Waals surface area contributed by atoms with Crippen LogP contribution in [0.2, 0.25) is 0 Å². The van der Waals surface area contributed by atoms with Crippen LogP contribution >= 0.6 is 0 Å². The van der Waals surface area contributed by atoms with Crippen molar-refractivity contribution in [3.05, 3.63) is 47.5 Å². The molecule has 0 aliphatic carbocycles. The number of para-hydroxylation sites is 1. The van der Waals surface area contributed by atoms with Crippen molar-refractivity contribution in [3.8, 4) is 11.8 Å². The highest BCUT2D eigenvalue weighted by molar-refractivity contribution is 7.86. The highest BCUT2D eigenvalue weighted by Crippen LogP contribution is 2.35. The van der Waals surface area contributed by atoms with Crippen LogP contribution in [0.3, 0.4) is 0 Å². The Morgan fingerprint density at radius 3 is 2.07 bits per heavy atom. The summed E-state index contributed by atoms with van der Waals surface area (Å²) in [7, 11) is -4.96. The van der Waals surface area contributed by atoms with E-state index in [1.807, 2.05) is 0 Å². The van der Waals surface area contributed by atoms with Crippen LogP contribution in [0.1, 0.15) is 15.9 Å². The monoisotopic (exact) mass is 394 g/mol. The van der Waals surface area contributed by atoms with E-state index in [2.05, 4.69) is 0 Å². The van der Waals surface area contributed by atoms with Crippen molar-refractivity contribution in [3.63, 3.8) is 0 Å². The van der Waals surface area contributed by atoms with Gasteiger partial charge in [0, 0.05) is 23.8 Å². The topological polar surface area (TPSA) is 174 Å². The fraction of sp³-hybridized carbons (Fsp3) is 0. The molecule has 0 bridgehead atoms. The molecule has 2 amide bonds. The number of aromatic hydroxyl groups is 2. The molecule has 0 spiro atoms. The average Bonchev–Trinajstić information content (AvgIpc) is 3.06. The van der Waals surface area contributed by atoms with Gasteiger partial charge in [0.25, 0.3) is 21.9 Å². The number of amides is 2. The van der Waals surface area contributed by atoms with Crippen molar-refractivity contribution in [1.29, 1.82) is 0 Å². The molecule has 0 unspecified atom stereocenters. The summed E-state index contributed by atoms with van der Waals surface area (Å²) in [5, 5.41) is 28.5. The van der Waals surface area contributed by atoms with Crippen molar-refractivity contribution >= 4 is 33.4 Å². The molecule has 0 saturated carbocycles. The Balaban J connectivity index is 2.31. The van der Waals surface area contributed by atoms with E-state index >= 15 is 0 Å². The summed E-state index contributed by atoms with van der Waals surface area (Å²) >= 11 is 0. The summed E-state index contributed by atoms with van der Waals surface area (Å²) in [5.41, 5.74) is -1.93. The number of anilines is 1. The summed E-state index contributed by atoms with van der Waals surface area (Å²) in [6.45, 7) is 0. The van der Waals surface area contributed by atoms with Crippen LogP contribution in [0.5, 0.6) is 11.8 Å². The molecule has 0 radical (unpaired) electrons. The second kappa shape index (κ2) is 5.96. The first-order chi connectivity index (χ1) is 12.5. The molecule has 0 fully saturated rings. The molecular weight excluding hydrogens is 384 g/mol. The predicted octanol–water partition coefficient (Wildman–Crippen LogP) is 0.0437. The number of benzene rings is 1. The van der Waals surface area contributed by atoms with E-state index in [1.165, 1.54) is 0 Å². The van der Waals surface area contributed by atoms with Gasteiger partial charge in [-0.25, -0.2) is 4.90 Å². The molecule has 12 heteroatoms. The summed E-state index contributed by atoms with van der Waals surface area (Å²) < 4.78 is 32.7. The van der Waals surface area contributed by atoms with E-state index in [1.54, 1.807) is 0 Å². The Hall–Kier alpha value is -3.64. The van der Waals surface area contributed by atoms with Gasteiger partial charge in [0.05, 0.1) is 11.3 Å². The summed E-state index contributed by atoms with van der Waals surface area (Å²) in [4.78, 5) is 36.2. The Morgan fingerprint density at radius 1 is 1.00 bits per heavy atom. The lowest BCUT2D eigenvalue weighted by Crippen LogP contribution is -2.32. The van der Waals surface area contributed by atoms with E-state index < -0.39 is 61.2 Å². The minimum Gasteiger partial charge on any atom is -0.492 e. The molecular formula is C15H10N2O9S. The van der Waals surface area contributed by atoms with Crippen LogP contribution < -0.4 is 4.90 Å². The molecule has 1 aliphatic heterocycles. The number of hydrogen-bond acceptors (Lipinski definition) is 8. The third-order valence-corrected chi connectivity index (χ3v) is 4.62. The minimum absolute atomic E-state index is 0.104. The molecule has 0 saturated heterocycles. The SMILES string of the molecule is O=C(c1cccc(S(=O)(=O)O)c1N1C(=O)C=CC1=O)c1cc(O)n(O)c1O.